The molecule has 242 valence electrons. The van der Waals surface area contributed by atoms with Gasteiger partial charge in [-0.05, 0) is 12.8 Å². The molecule has 2 amide bonds. The van der Waals surface area contributed by atoms with E-state index in [9.17, 15) is 43.7 Å². The summed E-state index contributed by atoms with van der Waals surface area (Å²) in [7, 11) is -9.48. The summed E-state index contributed by atoms with van der Waals surface area (Å²) >= 11 is 0. The van der Waals surface area contributed by atoms with E-state index in [0.717, 1.165) is 7.11 Å². The maximum Gasteiger partial charge on any atom is 0.538 e. The van der Waals surface area contributed by atoms with Crippen molar-refractivity contribution in [2.45, 2.75) is 49.7 Å². The number of allylic oxidation sites excluding steroid dienone is 2. The van der Waals surface area contributed by atoms with Gasteiger partial charge in [0.15, 0.2) is 12.0 Å². The van der Waals surface area contributed by atoms with Crippen molar-refractivity contribution in [1.82, 2.24) is 9.80 Å². The number of hydrogen-bond donors (Lipinski definition) is 6. The Morgan fingerprint density at radius 3 is 2.23 bits per heavy atom. The number of aliphatic hydroxyl groups is 3. The van der Waals surface area contributed by atoms with Gasteiger partial charge in [0.1, 0.15) is 30.7 Å². The quantitative estimate of drug-likeness (QED) is 0.104. The Labute approximate surface area is 249 Å². The highest BCUT2D eigenvalue weighted by molar-refractivity contribution is 7.61. The zero-order valence-corrected chi connectivity index (χ0v) is 24.6. The number of ketones is 1. The molecule has 0 aromatic carbocycles. The fourth-order valence-electron chi connectivity index (χ4n) is 4.24. The van der Waals surface area contributed by atoms with Crippen molar-refractivity contribution < 1.29 is 71.1 Å². The Balaban J connectivity index is 1.36. The van der Waals surface area contributed by atoms with E-state index in [1.807, 2.05) is 0 Å². The molecule has 0 aromatic rings. The molecule has 8 atom stereocenters. The highest BCUT2D eigenvalue weighted by atomic mass is 31.3. The molecule has 0 saturated carbocycles. The maximum absolute atomic E-state index is 12.9. The number of carbonyl (C=O) groups excluding carboxylic acids is 3. The van der Waals surface area contributed by atoms with Crippen molar-refractivity contribution in [2.75, 3.05) is 13.7 Å². The first-order valence-electron chi connectivity index (χ1n) is 12.7. The number of nitrogens with two attached hydrogens (primary N) is 2. The second kappa shape index (κ2) is 13.3. The number of nitrogens with zero attached hydrogens (tertiary/aromatic N) is 2. The molecule has 4 aliphatic heterocycles. The summed E-state index contributed by atoms with van der Waals surface area (Å²) < 4.78 is 55.1. The molecule has 0 spiro atoms. The normalized spacial score (nSPS) is 32.1. The van der Waals surface area contributed by atoms with E-state index in [1.165, 1.54) is 40.7 Å². The number of phosphoric acid groups is 2. The van der Waals surface area contributed by atoms with Crippen LogP contribution in [0.15, 0.2) is 60.1 Å². The molecule has 4 heterocycles. The largest absolute Gasteiger partial charge is 0.538 e. The lowest BCUT2D eigenvalue weighted by molar-refractivity contribution is -0.131. The lowest BCUT2D eigenvalue weighted by atomic mass is 10.1. The van der Waals surface area contributed by atoms with Gasteiger partial charge in [0.2, 0.25) is 23.8 Å². The zero-order valence-electron chi connectivity index (χ0n) is 22.9. The molecule has 44 heavy (non-hydrogen) atoms. The van der Waals surface area contributed by atoms with Gasteiger partial charge in [-0.15, -0.1) is 0 Å². The average molecular weight is 664 g/mol. The number of aliphatic hydroxyl groups excluding tert-OH is 3. The first-order valence-corrected chi connectivity index (χ1v) is 15.6. The van der Waals surface area contributed by atoms with Crippen LogP contribution in [0.25, 0.3) is 0 Å². The predicted molar refractivity (Wildman–Crippen MR) is 143 cm³/mol. The summed E-state index contributed by atoms with van der Waals surface area (Å²) in [4.78, 5) is 48.1. The summed E-state index contributed by atoms with van der Waals surface area (Å²) in [6, 6.07) is 0. The molecular weight excluding hydrogens is 634 g/mol. The highest BCUT2D eigenvalue weighted by Gasteiger charge is 2.48. The topological polar surface area (TPSA) is 280 Å². The Hall–Kier alpha value is -3.35. The Morgan fingerprint density at radius 1 is 1.05 bits per heavy atom. The van der Waals surface area contributed by atoms with E-state index in [1.54, 1.807) is 6.08 Å². The Bertz CT molecular complexity index is 1430. The number of ether oxygens (including phenoxy) is 2. The smallest absolute Gasteiger partial charge is 0.465 e. The lowest BCUT2D eigenvalue weighted by Gasteiger charge is -2.28. The van der Waals surface area contributed by atoms with Gasteiger partial charge in [-0.2, -0.15) is 4.31 Å². The molecule has 4 rings (SSSR count). The molecule has 8 N–H and O–H groups in total. The van der Waals surface area contributed by atoms with Crippen molar-refractivity contribution in [1.29, 1.82) is 0 Å². The van der Waals surface area contributed by atoms with Gasteiger partial charge in [-0.25, -0.2) is 9.13 Å². The molecule has 4 aliphatic rings. The van der Waals surface area contributed by atoms with Crippen LogP contribution in [0.4, 0.5) is 0 Å². The molecule has 3 unspecified atom stereocenters. The van der Waals surface area contributed by atoms with Gasteiger partial charge in [0, 0.05) is 43.1 Å². The van der Waals surface area contributed by atoms with E-state index in [4.69, 9.17) is 30.0 Å². The van der Waals surface area contributed by atoms with Crippen LogP contribution in [-0.4, -0.2) is 98.2 Å². The summed E-state index contributed by atoms with van der Waals surface area (Å²) in [6.07, 6.45) is 0.133. The Morgan fingerprint density at radius 2 is 1.64 bits per heavy atom. The Kier molecular flexibility index (Phi) is 10.2. The number of amides is 2. The monoisotopic (exact) mass is 664 g/mol. The van der Waals surface area contributed by atoms with Crippen LogP contribution in [0.3, 0.4) is 0 Å². The van der Waals surface area contributed by atoms with E-state index in [-0.39, 0.29) is 24.0 Å². The van der Waals surface area contributed by atoms with Crippen molar-refractivity contribution in [3.63, 3.8) is 0 Å². The highest BCUT2D eigenvalue weighted by Crippen LogP contribution is 2.63. The average Bonchev–Trinajstić information content (AvgIpc) is 3.44. The molecule has 0 aliphatic carbocycles. The molecule has 2 fully saturated rings. The van der Waals surface area contributed by atoms with Crippen LogP contribution in [0.2, 0.25) is 0 Å². The number of hydrogen-bond acceptors (Lipinski definition) is 16. The van der Waals surface area contributed by atoms with Crippen molar-refractivity contribution in [3.05, 3.63) is 60.1 Å². The molecule has 0 bridgehead atoms. The number of primary amides is 2. The first-order chi connectivity index (χ1) is 20.6. The molecule has 21 heteroatoms. The molecule has 2 saturated heterocycles. The molecule has 0 radical (unpaired) electrons. The van der Waals surface area contributed by atoms with Gasteiger partial charge < -0.3 is 55.5 Å². The zero-order chi connectivity index (χ0) is 32.4. The van der Waals surface area contributed by atoms with Crippen LogP contribution < -0.4 is 11.5 Å². The van der Waals surface area contributed by atoms with E-state index in [2.05, 4.69) is 8.83 Å². The summed E-state index contributed by atoms with van der Waals surface area (Å²) in [5.41, 5.74) is 10.9. The number of carbonyl (C=O) groups is 3. The van der Waals surface area contributed by atoms with E-state index >= 15 is 0 Å². The minimum Gasteiger partial charge on any atom is -0.465 e. The van der Waals surface area contributed by atoms with Crippen LogP contribution in [0.1, 0.15) is 12.8 Å². The third kappa shape index (κ3) is 7.47. The third-order valence-electron chi connectivity index (χ3n) is 6.52. The summed E-state index contributed by atoms with van der Waals surface area (Å²) in [6.45, 7) is -0.911. The fraction of sp³-hybridized carbons (Fsp3) is 0.435. The predicted octanol–water partition coefficient (Wildman–Crippen LogP) is -1.36. The van der Waals surface area contributed by atoms with Gasteiger partial charge in [0.05, 0.1) is 6.61 Å². The minimum absolute atomic E-state index is 0.162. The summed E-state index contributed by atoms with van der Waals surface area (Å²) in [5, 5.41) is 31.1. The van der Waals surface area contributed by atoms with Gasteiger partial charge in [0.25, 0.3) is 0 Å². The fourth-order valence-corrected chi connectivity index (χ4v) is 6.51. The molecule has 19 nitrogen and oxygen atoms in total. The van der Waals surface area contributed by atoms with Crippen molar-refractivity contribution >= 4 is 33.2 Å². The van der Waals surface area contributed by atoms with Crippen molar-refractivity contribution in [3.8, 4) is 0 Å². The van der Waals surface area contributed by atoms with Crippen LogP contribution in [0, 0.1) is 0 Å². The lowest BCUT2D eigenvalue weighted by Crippen LogP contribution is -2.39. The molecule has 0 aromatic heterocycles. The third-order valence-corrected chi connectivity index (χ3v) is 9.43. The summed E-state index contributed by atoms with van der Waals surface area (Å²) in [5.74, 6) is -2.79. The van der Waals surface area contributed by atoms with Gasteiger partial charge in [-0.1, -0.05) is 12.2 Å². The van der Waals surface area contributed by atoms with Gasteiger partial charge >= 0.3 is 15.6 Å². The second-order valence-corrected chi connectivity index (χ2v) is 12.8. The SMILES string of the molecule is COP(=O)(O/C=C1/O[C@H](N2C=CCC(C(N)=O)=C2)[C@H](O)[C@@H]1O)OP(=O)(O)OC[C@H]1O[C@H](N2C=CCC(C(N)=O)=C2)C(=O)C1O. The standard InChI is InChI=1S/C23H30N4O15P2/c1-37-44(36,39-11-15-17(29)19(31)23(41-15)27-7-3-5-13(9-27)21(25)33)42-43(34,35)38-10-14-16(28)18(30)22(40-14)26-6-2-4-12(8-26)20(24)32/h2-3,6-9,11,14,16-17,19,22-23,28-29,31H,4-5,10H2,1H3,(H2,24,32)(H2,25,33)(H,34,35)/b15-11+/t14-,16?,17-,19-,22+,23+,44?/m1/s1. The van der Waals surface area contributed by atoms with Crippen molar-refractivity contribution in [2.24, 2.45) is 11.5 Å². The first kappa shape index (κ1) is 33.5. The number of Topliss-reactive ketones (excluding diaryl/α,β-unsaturated/α-hetero) is 1. The van der Waals surface area contributed by atoms with Crippen LogP contribution >= 0.6 is 15.6 Å². The van der Waals surface area contributed by atoms with Crippen LogP contribution in [-0.2, 0) is 50.9 Å². The molecular formula is C23H30N4O15P2. The maximum atomic E-state index is 12.9. The second-order valence-electron chi connectivity index (χ2n) is 9.53. The van der Waals surface area contributed by atoms with Crippen LogP contribution in [0.5, 0.6) is 0 Å². The van der Waals surface area contributed by atoms with E-state index < -0.39 is 82.5 Å². The van der Waals surface area contributed by atoms with E-state index in [0.29, 0.717) is 6.26 Å². The van der Waals surface area contributed by atoms with Gasteiger partial charge in [-0.3, -0.25) is 23.4 Å². The number of rotatable bonds is 12. The number of phosphoric ester groups is 2. The minimum atomic E-state index is -5.31.